The third-order valence-corrected chi connectivity index (χ3v) is 5.50. The van der Waals surface area contributed by atoms with Gasteiger partial charge in [0.25, 0.3) is 5.91 Å². The van der Waals surface area contributed by atoms with Crippen LogP contribution in [0.15, 0.2) is 102 Å². The van der Waals surface area contributed by atoms with Crippen molar-refractivity contribution in [1.29, 1.82) is 0 Å². The van der Waals surface area contributed by atoms with Gasteiger partial charge < -0.3 is 10.1 Å². The molecule has 0 heterocycles. The Kier molecular flexibility index (Phi) is 7.58. The van der Waals surface area contributed by atoms with Crippen LogP contribution in [0.1, 0.15) is 15.9 Å². The van der Waals surface area contributed by atoms with E-state index < -0.39 is 15.9 Å². The summed E-state index contributed by atoms with van der Waals surface area (Å²) in [6.45, 7) is 0. The molecular weight excluding hydrogens is 493 g/mol. The predicted molar refractivity (Wildman–Crippen MR) is 140 cm³/mol. The summed E-state index contributed by atoms with van der Waals surface area (Å²) >= 11 is 18.4. The Morgan fingerprint density at radius 2 is 1.53 bits per heavy atom. The van der Waals surface area contributed by atoms with Crippen LogP contribution in [0.25, 0.3) is 10.8 Å². The van der Waals surface area contributed by atoms with Gasteiger partial charge in [-0.15, -0.1) is 0 Å². The lowest BCUT2D eigenvalue weighted by Gasteiger charge is -2.26. The molecule has 4 rings (SSSR count). The van der Waals surface area contributed by atoms with Gasteiger partial charge in [-0.2, -0.15) is 5.10 Å². The summed E-state index contributed by atoms with van der Waals surface area (Å²) in [7, 11) is 0. The number of hydrazone groups is 1. The summed E-state index contributed by atoms with van der Waals surface area (Å²) in [4.78, 5) is 13.0. The molecule has 5 nitrogen and oxygen atoms in total. The quantitative estimate of drug-likeness (QED) is 0.124. The molecule has 0 aliphatic rings. The average molecular weight is 513 g/mol. The molecule has 34 heavy (non-hydrogen) atoms. The van der Waals surface area contributed by atoms with Gasteiger partial charge in [0, 0.05) is 5.56 Å². The molecule has 2 N–H and O–H groups in total. The summed E-state index contributed by atoms with van der Waals surface area (Å²) < 4.78 is 3.92. The first kappa shape index (κ1) is 23.9. The zero-order valence-electron chi connectivity index (χ0n) is 17.8. The van der Waals surface area contributed by atoms with Crippen molar-refractivity contribution in [3.05, 3.63) is 108 Å². The van der Waals surface area contributed by atoms with Gasteiger partial charge in [-0.25, -0.2) is 0 Å². The van der Waals surface area contributed by atoms with Gasteiger partial charge >= 0.3 is 0 Å². The Labute approximate surface area is 212 Å². The number of halogens is 3. The van der Waals surface area contributed by atoms with Crippen LogP contribution in [0.3, 0.4) is 0 Å². The molecule has 0 aliphatic carbocycles. The molecule has 1 amide bonds. The third-order valence-electron chi connectivity index (χ3n) is 4.91. The van der Waals surface area contributed by atoms with Gasteiger partial charge in [0.1, 0.15) is 5.75 Å². The Morgan fingerprint density at radius 1 is 0.853 bits per heavy atom. The van der Waals surface area contributed by atoms with Gasteiger partial charge in [-0.1, -0.05) is 89.4 Å². The van der Waals surface area contributed by atoms with E-state index in [1.165, 1.54) is 0 Å². The number of ether oxygens (including phenoxy) is 1. The molecule has 0 bridgehead atoms. The molecule has 1 unspecified atom stereocenters. The van der Waals surface area contributed by atoms with E-state index in [9.17, 15) is 4.79 Å². The minimum absolute atomic E-state index is 0.413. The minimum atomic E-state index is -1.90. The van der Waals surface area contributed by atoms with Crippen molar-refractivity contribution in [2.24, 2.45) is 5.10 Å². The van der Waals surface area contributed by atoms with Crippen LogP contribution in [0.5, 0.6) is 5.75 Å². The normalized spacial score (nSPS) is 12.4. The van der Waals surface area contributed by atoms with Crippen molar-refractivity contribution in [2.45, 2.75) is 10.0 Å². The van der Waals surface area contributed by atoms with E-state index in [-0.39, 0.29) is 0 Å². The Hall–Kier alpha value is -3.25. The number of para-hydroxylation sites is 1. The Bertz CT molecular complexity index is 1280. The number of carbonyl (C=O) groups excluding carboxylic acids is 1. The minimum Gasteiger partial charge on any atom is -0.466 e. The lowest BCUT2D eigenvalue weighted by atomic mass is 10.0. The van der Waals surface area contributed by atoms with E-state index in [0.29, 0.717) is 11.3 Å². The fourth-order valence-electron chi connectivity index (χ4n) is 3.26. The first-order valence-electron chi connectivity index (χ1n) is 10.4. The maximum Gasteiger partial charge on any atom is 0.254 e. The lowest BCUT2D eigenvalue weighted by molar-refractivity contribution is 0.0835. The molecular formula is C26H20Cl3N3O2. The molecule has 8 heteroatoms. The van der Waals surface area contributed by atoms with E-state index in [1.807, 2.05) is 60.7 Å². The summed E-state index contributed by atoms with van der Waals surface area (Å²) in [5.74, 6) is 0.00609. The van der Waals surface area contributed by atoms with Gasteiger partial charge in [0.05, 0.1) is 11.9 Å². The molecule has 4 aromatic rings. The number of hydrogen-bond donors (Lipinski definition) is 2. The second-order valence-electron chi connectivity index (χ2n) is 7.34. The first-order valence-corrected chi connectivity index (χ1v) is 11.5. The molecule has 0 radical (unpaired) electrons. The molecule has 0 spiro atoms. The highest BCUT2D eigenvalue weighted by Crippen LogP contribution is 2.32. The SMILES string of the molecule is O=C(NC(Oc1ccc(/C=N/Nc2ccccc2)cc1)C(Cl)(Cl)Cl)c1cccc2ccccc12. The van der Waals surface area contributed by atoms with E-state index in [1.54, 1.807) is 42.6 Å². The van der Waals surface area contributed by atoms with Crippen LogP contribution in [0.4, 0.5) is 5.69 Å². The number of anilines is 1. The fourth-order valence-corrected chi connectivity index (χ4v) is 3.56. The molecule has 172 valence electrons. The second kappa shape index (κ2) is 10.8. The van der Waals surface area contributed by atoms with Crippen molar-refractivity contribution in [3.8, 4) is 5.75 Å². The highest BCUT2D eigenvalue weighted by atomic mass is 35.6. The van der Waals surface area contributed by atoms with Crippen molar-refractivity contribution in [2.75, 3.05) is 5.43 Å². The summed E-state index contributed by atoms with van der Waals surface area (Å²) in [5, 5.41) is 8.61. The van der Waals surface area contributed by atoms with E-state index in [4.69, 9.17) is 39.5 Å². The number of fused-ring (bicyclic) bond motifs is 1. The number of nitrogens with one attached hydrogen (secondary N) is 2. The van der Waals surface area contributed by atoms with E-state index in [2.05, 4.69) is 15.8 Å². The van der Waals surface area contributed by atoms with Crippen LogP contribution in [-0.2, 0) is 0 Å². The maximum atomic E-state index is 13.0. The second-order valence-corrected chi connectivity index (χ2v) is 9.71. The third kappa shape index (κ3) is 6.20. The molecule has 0 fully saturated rings. The van der Waals surface area contributed by atoms with E-state index in [0.717, 1.165) is 22.0 Å². The van der Waals surface area contributed by atoms with Crippen LogP contribution in [0, 0.1) is 0 Å². The number of alkyl halides is 3. The van der Waals surface area contributed by atoms with Crippen LogP contribution >= 0.6 is 34.8 Å². The zero-order chi connectivity index (χ0) is 24.0. The van der Waals surface area contributed by atoms with Crippen molar-refractivity contribution < 1.29 is 9.53 Å². The van der Waals surface area contributed by atoms with Gasteiger partial charge in [0.15, 0.2) is 0 Å². The highest BCUT2D eigenvalue weighted by molar-refractivity contribution is 6.68. The van der Waals surface area contributed by atoms with Crippen molar-refractivity contribution in [1.82, 2.24) is 5.32 Å². The summed E-state index contributed by atoms with van der Waals surface area (Å²) in [5.41, 5.74) is 5.12. The van der Waals surface area contributed by atoms with Crippen molar-refractivity contribution >= 4 is 63.4 Å². The number of carbonyl (C=O) groups is 1. The fraction of sp³-hybridized carbons (Fsp3) is 0.0769. The first-order chi connectivity index (χ1) is 16.4. The summed E-state index contributed by atoms with van der Waals surface area (Å²) in [6.07, 6.45) is 0.453. The molecule has 0 aromatic heterocycles. The topological polar surface area (TPSA) is 62.7 Å². The number of nitrogens with zero attached hydrogens (tertiary/aromatic N) is 1. The Morgan fingerprint density at radius 3 is 2.26 bits per heavy atom. The van der Waals surface area contributed by atoms with Gasteiger partial charge in [-0.3, -0.25) is 10.2 Å². The molecule has 4 aromatic carbocycles. The number of benzene rings is 4. The van der Waals surface area contributed by atoms with Crippen LogP contribution in [0.2, 0.25) is 0 Å². The summed E-state index contributed by atoms with van der Waals surface area (Å²) in [6, 6.07) is 29.6. The maximum absolute atomic E-state index is 13.0. The predicted octanol–water partition coefficient (Wildman–Crippen LogP) is 6.79. The highest BCUT2D eigenvalue weighted by Gasteiger charge is 2.36. The molecule has 1 atom stereocenters. The Balaban J connectivity index is 1.44. The van der Waals surface area contributed by atoms with Crippen molar-refractivity contribution in [3.63, 3.8) is 0 Å². The number of rotatable bonds is 7. The molecule has 0 saturated heterocycles. The van der Waals surface area contributed by atoms with E-state index >= 15 is 0 Å². The zero-order valence-corrected chi connectivity index (χ0v) is 20.1. The van der Waals surface area contributed by atoms with Crippen LogP contribution < -0.4 is 15.5 Å². The number of amides is 1. The molecule has 0 aliphatic heterocycles. The lowest BCUT2D eigenvalue weighted by Crippen LogP contribution is -2.47. The molecule has 0 saturated carbocycles. The largest absolute Gasteiger partial charge is 0.466 e. The average Bonchev–Trinajstić information content (AvgIpc) is 2.84. The van der Waals surface area contributed by atoms with Gasteiger partial charge in [0.2, 0.25) is 10.0 Å². The standard InChI is InChI=1S/C26H20Cl3N3O2/c27-26(28,29)25(31-24(33)23-12-6-8-19-7-4-5-11-22(19)23)34-21-15-13-18(14-16-21)17-30-32-20-9-2-1-3-10-20/h1-17,25,32H,(H,31,33)/b30-17+. The van der Waals surface area contributed by atoms with Gasteiger partial charge in [-0.05, 0) is 58.8 Å². The van der Waals surface area contributed by atoms with Crippen LogP contribution in [-0.4, -0.2) is 22.1 Å². The monoisotopic (exact) mass is 511 g/mol. The smallest absolute Gasteiger partial charge is 0.254 e. The number of hydrogen-bond acceptors (Lipinski definition) is 4.